The van der Waals surface area contributed by atoms with Gasteiger partial charge in [-0.25, -0.2) is 4.79 Å². The molecule has 0 saturated heterocycles. The van der Waals surface area contributed by atoms with Gasteiger partial charge in [-0.05, 0) is 12.0 Å². The molecule has 1 aromatic rings. The molecule has 0 heterocycles. The summed E-state index contributed by atoms with van der Waals surface area (Å²) in [5.74, 6) is -3.81. The average molecular weight is 397 g/mol. The summed E-state index contributed by atoms with van der Waals surface area (Å²) in [6, 6.07) is 5.39. The van der Waals surface area contributed by atoms with Gasteiger partial charge in [-0.3, -0.25) is 14.4 Å². The number of aliphatic carboxylic acids is 2. The fraction of sp³-hybridized carbons (Fsp3) is 0.412. The molecular formula is C17H23N3O6S. The Morgan fingerprint density at radius 1 is 1.00 bits per heavy atom. The Morgan fingerprint density at radius 3 is 2.11 bits per heavy atom. The van der Waals surface area contributed by atoms with Crippen LogP contribution >= 0.6 is 12.6 Å². The number of carbonyl (C=O) groups excluding carboxylic acids is 2. The van der Waals surface area contributed by atoms with Crippen LogP contribution in [0.25, 0.3) is 0 Å². The molecule has 0 aliphatic carbocycles. The zero-order valence-corrected chi connectivity index (χ0v) is 15.4. The lowest BCUT2D eigenvalue weighted by molar-refractivity contribution is -0.142. The Labute approximate surface area is 161 Å². The van der Waals surface area contributed by atoms with E-state index in [4.69, 9.17) is 10.8 Å². The van der Waals surface area contributed by atoms with Gasteiger partial charge in [0.05, 0.1) is 6.04 Å². The minimum absolute atomic E-state index is 0.0767. The van der Waals surface area contributed by atoms with Gasteiger partial charge in [-0.2, -0.15) is 12.6 Å². The lowest BCUT2D eigenvalue weighted by Gasteiger charge is -2.21. The smallest absolute Gasteiger partial charge is 0.326 e. The molecule has 1 aromatic carbocycles. The standard InChI is InChI=1S/C17H23N3O6S/c18-11(6-7-14(21)22)15(23)20-13(9-27)16(24)19-12(17(25)26)8-10-4-2-1-3-5-10/h1-5,11-13,27H,6-9,18H2,(H,19,24)(H,20,23)(H,21,22)(H,25,26)/t11-,12-,13-/m0/s1. The number of nitrogens with one attached hydrogen (secondary N) is 2. The topological polar surface area (TPSA) is 159 Å². The van der Waals surface area contributed by atoms with Crippen molar-refractivity contribution >= 4 is 36.4 Å². The van der Waals surface area contributed by atoms with E-state index in [9.17, 15) is 24.3 Å². The van der Waals surface area contributed by atoms with Gasteiger partial charge in [0.25, 0.3) is 0 Å². The van der Waals surface area contributed by atoms with Crippen LogP contribution < -0.4 is 16.4 Å². The van der Waals surface area contributed by atoms with Crippen LogP contribution in [0, 0.1) is 0 Å². The summed E-state index contributed by atoms with van der Waals surface area (Å²) in [5.41, 5.74) is 6.32. The average Bonchev–Trinajstić information content (AvgIpc) is 2.63. The van der Waals surface area contributed by atoms with Gasteiger partial charge in [0.2, 0.25) is 11.8 Å². The summed E-state index contributed by atoms with van der Waals surface area (Å²) in [6.07, 6.45) is -0.300. The molecule has 2 amide bonds. The number of nitrogens with two attached hydrogens (primary N) is 1. The predicted molar refractivity (Wildman–Crippen MR) is 100 cm³/mol. The first kappa shape index (κ1) is 22.5. The van der Waals surface area contributed by atoms with E-state index in [1.165, 1.54) is 0 Å². The van der Waals surface area contributed by atoms with Crippen molar-refractivity contribution in [3.05, 3.63) is 35.9 Å². The molecule has 9 nitrogen and oxygen atoms in total. The van der Waals surface area contributed by atoms with Crippen molar-refractivity contribution in [2.45, 2.75) is 37.4 Å². The number of benzene rings is 1. The van der Waals surface area contributed by atoms with Crippen molar-refractivity contribution in [2.75, 3.05) is 5.75 Å². The third-order valence-electron chi connectivity index (χ3n) is 3.72. The third kappa shape index (κ3) is 8.09. The fourth-order valence-corrected chi connectivity index (χ4v) is 2.46. The quantitative estimate of drug-likeness (QED) is 0.272. The van der Waals surface area contributed by atoms with E-state index in [1.807, 2.05) is 0 Å². The van der Waals surface area contributed by atoms with Gasteiger partial charge in [0.15, 0.2) is 0 Å². The van der Waals surface area contributed by atoms with Crippen LogP contribution in [0.2, 0.25) is 0 Å². The van der Waals surface area contributed by atoms with Gasteiger partial charge in [-0.15, -0.1) is 0 Å². The summed E-state index contributed by atoms with van der Waals surface area (Å²) in [6.45, 7) is 0. The highest BCUT2D eigenvalue weighted by Gasteiger charge is 2.27. The zero-order valence-electron chi connectivity index (χ0n) is 14.5. The highest BCUT2D eigenvalue weighted by atomic mass is 32.1. The van der Waals surface area contributed by atoms with Gasteiger partial charge in [0, 0.05) is 18.6 Å². The Morgan fingerprint density at radius 2 is 1.59 bits per heavy atom. The lowest BCUT2D eigenvalue weighted by atomic mass is 10.1. The first-order chi connectivity index (χ1) is 12.7. The highest BCUT2D eigenvalue weighted by Crippen LogP contribution is 2.04. The molecule has 0 spiro atoms. The normalized spacial score (nSPS) is 13.9. The molecule has 0 aliphatic rings. The van der Waals surface area contributed by atoms with Crippen molar-refractivity contribution in [3.63, 3.8) is 0 Å². The lowest BCUT2D eigenvalue weighted by Crippen LogP contribution is -2.55. The molecule has 148 valence electrons. The summed E-state index contributed by atoms with van der Waals surface area (Å²) in [7, 11) is 0. The van der Waals surface area contributed by atoms with Gasteiger partial charge >= 0.3 is 11.9 Å². The maximum Gasteiger partial charge on any atom is 0.326 e. The van der Waals surface area contributed by atoms with Crippen LogP contribution in [0.5, 0.6) is 0 Å². The molecule has 27 heavy (non-hydrogen) atoms. The van der Waals surface area contributed by atoms with Crippen LogP contribution in [0.15, 0.2) is 30.3 Å². The minimum Gasteiger partial charge on any atom is -0.481 e. The van der Waals surface area contributed by atoms with Gasteiger partial charge in [-0.1, -0.05) is 30.3 Å². The first-order valence-corrected chi connectivity index (χ1v) is 8.83. The van der Waals surface area contributed by atoms with E-state index in [-0.39, 0.29) is 25.0 Å². The highest BCUT2D eigenvalue weighted by molar-refractivity contribution is 7.80. The number of hydrogen-bond acceptors (Lipinski definition) is 6. The molecule has 10 heteroatoms. The third-order valence-corrected chi connectivity index (χ3v) is 4.08. The van der Waals surface area contributed by atoms with Crippen molar-refractivity contribution in [3.8, 4) is 0 Å². The zero-order chi connectivity index (χ0) is 20.4. The Kier molecular flexibility index (Phi) is 9.31. The van der Waals surface area contributed by atoms with Crippen LogP contribution in [-0.4, -0.2) is 57.8 Å². The molecule has 0 aromatic heterocycles. The number of thiol groups is 1. The maximum absolute atomic E-state index is 12.3. The molecule has 6 N–H and O–H groups in total. The second-order valence-electron chi connectivity index (χ2n) is 5.87. The van der Waals surface area contributed by atoms with E-state index in [0.717, 1.165) is 5.56 Å². The molecule has 0 unspecified atom stereocenters. The Bertz CT molecular complexity index is 670. The molecule has 0 radical (unpaired) electrons. The summed E-state index contributed by atoms with van der Waals surface area (Å²) in [4.78, 5) is 46.3. The summed E-state index contributed by atoms with van der Waals surface area (Å²) >= 11 is 4.00. The second kappa shape index (κ2) is 11.2. The second-order valence-corrected chi connectivity index (χ2v) is 6.24. The minimum atomic E-state index is -1.21. The van der Waals surface area contributed by atoms with Crippen molar-refractivity contribution in [1.29, 1.82) is 0 Å². The monoisotopic (exact) mass is 397 g/mol. The molecule has 0 aliphatic heterocycles. The number of carboxylic acids is 2. The van der Waals surface area contributed by atoms with Gasteiger partial charge in [0.1, 0.15) is 12.1 Å². The molecule has 3 atom stereocenters. The molecule has 0 bridgehead atoms. The molecule has 1 rings (SSSR count). The number of rotatable bonds is 11. The number of hydrogen-bond donors (Lipinski definition) is 6. The number of amides is 2. The van der Waals surface area contributed by atoms with Crippen LogP contribution in [-0.2, 0) is 25.6 Å². The molecular weight excluding hydrogens is 374 g/mol. The first-order valence-electron chi connectivity index (χ1n) is 8.20. The predicted octanol–water partition coefficient (Wildman–Crippen LogP) is -0.595. The summed E-state index contributed by atoms with van der Waals surface area (Å²) < 4.78 is 0. The number of carbonyl (C=O) groups is 4. The van der Waals surface area contributed by atoms with E-state index >= 15 is 0 Å². The maximum atomic E-state index is 12.3. The number of carboxylic acid groups (broad SMARTS) is 2. The largest absolute Gasteiger partial charge is 0.481 e. The van der Waals surface area contributed by atoms with Crippen LogP contribution in [0.1, 0.15) is 18.4 Å². The van der Waals surface area contributed by atoms with Gasteiger partial charge < -0.3 is 26.6 Å². The Hall–Kier alpha value is -2.59. The van der Waals surface area contributed by atoms with Crippen LogP contribution in [0.4, 0.5) is 0 Å². The summed E-state index contributed by atoms with van der Waals surface area (Å²) in [5, 5.41) is 22.7. The van der Waals surface area contributed by atoms with Crippen molar-refractivity contribution in [2.24, 2.45) is 5.73 Å². The van der Waals surface area contributed by atoms with E-state index in [1.54, 1.807) is 30.3 Å². The Balaban J connectivity index is 2.67. The molecule has 0 saturated carbocycles. The molecule has 0 fully saturated rings. The van der Waals surface area contributed by atoms with Crippen molar-refractivity contribution in [1.82, 2.24) is 10.6 Å². The SMILES string of the molecule is N[C@@H](CCC(=O)O)C(=O)N[C@@H](CS)C(=O)N[C@@H](Cc1ccccc1)C(=O)O. The van der Waals surface area contributed by atoms with Crippen LogP contribution in [0.3, 0.4) is 0 Å². The van der Waals surface area contributed by atoms with E-state index in [2.05, 4.69) is 23.3 Å². The van der Waals surface area contributed by atoms with E-state index in [0.29, 0.717) is 0 Å². The fourth-order valence-electron chi connectivity index (χ4n) is 2.21. The van der Waals surface area contributed by atoms with E-state index < -0.39 is 41.9 Å². The van der Waals surface area contributed by atoms with Crippen molar-refractivity contribution < 1.29 is 29.4 Å².